The van der Waals surface area contributed by atoms with Crippen LogP contribution in [-0.4, -0.2) is 21.3 Å². The molecule has 0 aliphatic heterocycles. The van der Waals surface area contributed by atoms with E-state index < -0.39 is 0 Å². The lowest BCUT2D eigenvalue weighted by Gasteiger charge is -2.14. The number of hydrogen-bond acceptors (Lipinski definition) is 4. The summed E-state index contributed by atoms with van der Waals surface area (Å²) in [5.41, 5.74) is 1.15. The second kappa shape index (κ2) is 7.66. The molecular formula is C15H18ClNO3. The van der Waals surface area contributed by atoms with Crippen LogP contribution in [0.5, 0.6) is 17.2 Å². The van der Waals surface area contributed by atoms with E-state index in [4.69, 9.17) is 25.8 Å². The third-order valence-electron chi connectivity index (χ3n) is 2.84. The molecule has 0 amide bonds. The number of ether oxygens (including phenoxy) is 3. The first kappa shape index (κ1) is 16.2. The van der Waals surface area contributed by atoms with Crippen molar-refractivity contribution in [3.63, 3.8) is 0 Å². The molecule has 0 saturated heterocycles. The summed E-state index contributed by atoms with van der Waals surface area (Å²) in [5.74, 6) is 1.62. The van der Waals surface area contributed by atoms with E-state index in [1.807, 2.05) is 6.92 Å². The van der Waals surface area contributed by atoms with Crippen LogP contribution in [0.2, 0.25) is 0 Å². The number of rotatable bonds is 6. The molecule has 108 valence electrons. The highest BCUT2D eigenvalue weighted by Crippen LogP contribution is 2.40. The van der Waals surface area contributed by atoms with Crippen molar-refractivity contribution >= 4 is 16.6 Å². The minimum Gasteiger partial charge on any atom is -0.496 e. The molecule has 0 aliphatic carbocycles. The molecule has 0 aliphatic rings. The molecular weight excluding hydrogens is 278 g/mol. The fraction of sp³-hybridized carbons (Fsp3) is 0.400. The van der Waals surface area contributed by atoms with Gasteiger partial charge in [0.1, 0.15) is 5.75 Å². The van der Waals surface area contributed by atoms with E-state index in [0.29, 0.717) is 39.8 Å². The minimum atomic E-state index is 0.382. The zero-order valence-corrected chi connectivity index (χ0v) is 12.9. The number of methoxy groups -OCH3 is 3. The van der Waals surface area contributed by atoms with Gasteiger partial charge in [-0.25, -0.2) is 0 Å². The molecule has 1 aromatic rings. The SMILES string of the molecule is CCCC(C#N)=C(Cl)c1cc(OC)c(OC)cc1OC. The molecule has 0 heterocycles. The number of halogens is 1. The first-order valence-electron chi connectivity index (χ1n) is 6.22. The summed E-state index contributed by atoms with van der Waals surface area (Å²) in [5, 5.41) is 9.57. The average molecular weight is 296 g/mol. The molecule has 0 aromatic heterocycles. The standard InChI is InChI=1S/C15H18ClNO3/c1-5-6-10(9-17)15(16)11-7-13(19-3)14(20-4)8-12(11)18-2/h7-8H,5-6H2,1-4H3. The molecule has 1 rings (SSSR count). The zero-order chi connectivity index (χ0) is 15.1. The van der Waals surface area contributed by atoms with Crippen molar-refractivity contribution < 1.29 is 14.2 Å². The number of allylic oxidation sites excluding steroid dienone is 1. The second-order valence-corrected chi connectivity index (χ2v) is 4.44. The molecule has 0 radical (unpaired) electrons. The van der Waals surface area contributed by atoms with Gasteiger partial charge in [0, 0.05) is 17.2 Å². The van der Waals surface area contributed by atoms with E-state index in [9.17, 15) is 5.26 Å². The van der Waals surface area contributed by atoms with Crippen molar-refractivity contribution in [1.82, 2.24) is 0 Å². The van der Waals surface area contributed by atoms with Crippen LogP contribution in [0.4, 0.5) is 0 Å². The third kappa shape index (κ3) is 3.37. The lowest BCUT2D eigenvalue weighted by molar-refractivity contribution is 0.348. The van der Waals surface area contributed by atoms with E-state index in [0.717, 1.165) is 6.42 Å². The molecule has 0 saturated carbocycles. The summed E-state index contributed by atoms with van der Waals surface area (Å²) in [7, 11) is 4.63. The molecule has 0 spiro atoms. The summed E-state index contributed by atoms with van der Waals surface area (Å²) in [6.45, 7) is 1.99. The third-order valence-corrected chi connectivity index (χ3v) is 3.27. The van der Waals surface area contributed by atoms with Crippen molar-refractivity contribution in [1.29, 1.82) is 5.26 Å². The van der Waals surface area contributed by atoms with Crippen LogP contribution < -0.4 is 14.2 Å². The summed E-state index contributed by atoms with van der Waals surface area (Å²) in [6, 6.07) is 5.55. The molecule has 0 N–H and O–H groups in total. The lowest BCUT2D eigenvalue weighted by atomic mass is 10.1. The van der Waals surface area contributed by atoms with Crippen molar-refractivity contribution in [2.24, 2.45) is 0 Å². The maximum Gasteiger partial charge on any atom is 0.164 e. The zero-order valence-electron chi connectivity index (χ0n) is 12.1. The van der Waals surface area contributed by atoms with Crippen molar-refractivity contribution in [2.45, 2.75) is 19.8 Å². The van der Waals surface area contributed by atoms with Gasteiger partial charge in [-0.2, -0.15) is 5.26 Å². The Morgan fingerprint density at radius 3 is 2.10 bits per heavy atom. The summed E-state index contributed by atoms with van der Waals surface area (Å²) in [4.78, 5) is 0. The van der Waals surface area contributed by atoms with Gasteiger partial charge in [0.2, 0.25) is 0 Å². The first-order chi connectivity index (χ1) is 9.62. The molecule has 5 heteroatoms. The topological polar surface area (TPSA) is 51.5 Å². The quantitative estimate of drug-likeness (QED) is 0.745. The van der Waals surface area contributed by atoms with Crippen LogP contribution in [0.1, 0.15) is 25.3 Å². The van der Waals surface area contributed by atoms with Crippen molar-refractivity contribution in [3.05, 3.63) is 23.3 Å². The molecule has 0 bridgehead atoms. The number of nitriles is 1. The highest BCUT2D eigenvalue weighted by molar-refractivity contribution is 6.49. The van der Waals surface area contributed by atoms with Gasteiger partial charge in [0.25, 0.3) is 0 Å². The smallest absolute Gasteiger partial charge is 0.164 e. The largest absolute Gasteiger partial charge is 0.496 e. The van der Waals surface area contributed by atoms with Crippen molar-refractivity contribution in [3.8, 4) is 23.3 Å². The fourth-order valence-electron chi connectivity index (χ4n) is 1.83. The maximum absolute atomic E-state index is 9.19. The molecule has 0 unspecified atom stereocenters. The molecule has 1 aromatic carbocycles. The fourth-order valence-corrected chi connectivity index (χ4v) is 2.11. The lowest BCUT2D eigenvalue weighted by Crippen LogP contribution is -1.96. The van der Waals surface area contributed by atoms with E-state index in [1.165, 1.54) is 0 Å². The van der Waals surface area contributed by atoms with Crippen LogP contribution in [-0.2, 0) is 0 Å². The Bertz CT molecular complexity index is 547. The Hall–Kier alpha value is -1.86. The van der Waals surface area contributed by atoms with Gasteiger partial charge in [-0.15, -0.1) is 0 Å². The molecule has 20 heavy (non-hydrogen) atoms. The number of nitrogens with zero attached hydrogens (tertiary/aromatic N) is 1. The second-order valence-electron chi connectivity index (χ2n) is 4.06. The van der Waals surface area contributed by atoms with Gasteiger partial charge >= 0.3 is 0 Å². The van der Waals surface area contributed by atoms with Gasteiger partial charge in [-0.3, -0.25) is 0 Å². The van der Waals surface area contributed by atoms with Crippen LogP contribution in [0.25, 0.3) is 5.03 Å². The predicted octanol–water partition coefficient (Wildman–Crippen LogP) is 3.99. The molecule has 0 atom stereocenters. The summed E-state index contributed by atoms with van der Waals surface area (Å²) < 4.78 is 15.8. The normalized spacial score (nSPS) is 11.4. The van der Waals surface area contributed by atoms with Crippen LogP contribution in [0.3, 0.4) is 0 Å². The van der Waals surface area contributed by atoms with Gasteiger partial charge in [-0.05, 0) is 12.5 Å². The number of hydrogen-bond donors (Lipinski definition) is 0. The van der Waals surface area contributed by atoms with Crippen LogP contribution >= 0.6 is 11.6 Å². The monoisotopic (exact) mass is 295 g/mol. The van der Waals surface area contributed by atoms with Gasteiger partial charge in [0.15, 0.2) is 11.5 Å². The van der Waals surface area contributed by atoms with E-state index >= 15 is 0 Å². The van der Waals surface area contributed by atoms with Crippen LogP contribution in [0.15, 0.2) is 17.7 Å². The Morgan fingerprint density at radius 1 is 1.10 bits per heavy atom. The Labute approximate surface area is 124 Å². The number of benzene rings is 1. The van der Waals surface area contributed by atoms with E-state index in [2.05, 4.69) is 6.07 Å². The molecule has 0 fully saturated rings. The van der Waals surface area contributed by atoms with Gasteiger partial charge < -0.3 is 14.2 Å². The highest BCUT2D eigenvalue weighted by atomic mass is 35.5. The van der Waals surface area contributed by atoms with Crippen LogP contribution in [0, 0.1) is 11.3 Å². The predicted molar refractivity (Wildman–Crippen MR) is 79.4 cm³/mol. The van der Waals surface area contributed by atoms with E-state index in [-0.39, 0.29) is 0 Å². The Kier molecular flexibility index (Phi) is 6.20. The van der Waals surface area contributed by atoms with Gasteiger partial charge in [0.05, 0.1) is 32.4 Å². The van der Waals surface area contributed by atoms with E-state index in [1.54, 1.807) is 33.5 Å². The Morgan fingerprint density at radius 2 is 1.65 bits per heavy atom. The summed E-state index contributed by atoms with van der Waals surface area (Å²) >= 11 is 6.34. The maximum atomic E-state index is 9.19. The minimum absolute atomic E-state index is 0.382. The summed E-state index contributed by atoms with van der Waals surface area (Å²) in [6.07, 6.45) is 1.46. The van der Waals surface area contributed by atoms with Gasteiger partial charge in [-0.1, -0.05) is 24.9 Å². The molecule has 4 nitrogen and oxygen atoms in total. The first-order valence-corrected chi connectivity index (χ1v) is 6.59. The highest BCUT2D eigenvalue weighted by Gasteiger charge is 2.16. The average Bonchev–Trinajstić information content (AvgIpc) is 2.50. The van der Waals surface area contributed by atoms with Crippen molar-refractivity contribution in [2.75, 3.05) is 21.3 Å². The Balaban J connectivity index is 3.47.